The summed E-state index contributed by atoms with van der Waals surface area (Å²) in [6, 6.07) is 10.3. The molecule has 0 amide bonds. The first-order valence-corrected chi connectivity index (χ1v) is 6.48. The van der Waals surface area contributed by atoms with Crippen molar-refractivity contribution in [3.05, 3.63) is 45.7 Å². The highest BCUT2D eigenvalue weighted by molar-refractivity contribution is 14.1. The van der Waals surface area contributed by atoms with Gasteiger partial charge in [-0.1, -0.05) is 30.3 Å². The fourth-order valence-electron chi connectivity index (χ4n) is 1.42. The number of hydrogen-bond donors (Lipinski definition) is 0. The van der Waals surface area contributed by atoms with Crippen LogP contribution in [0.15, 0.2) is 40.2 Å². The Kier molecular flexibility index (Phi) is 6.15. The van der Waals surface area contributed by atoms with Crippen molar-refractivity contribution in [3.63, 3.8) is 0 Å². The Balaban J connectivity index is 2.32. The molecule has 0 aliphatic rings. The Morgan fingerprint density at radius 2 is 2.06 bits per heavy atom. The third-order valence-electron chi connectivity index (χ3n) is 2.13. The molecule has 16 heavy (non-hydrogen) atoms. The molecule has 86 valence electrons. The van der Waals surface area contributed by atoms with Gasteiger partial charge >= 0.3 is 5.97 Å². The van der Waals surface area contributed by atoms with Gasteiger partial charge in [-0.2, -0.15) is 0 Å². The summed E-state index contributed by atoms with van der Waals surface area (Å²) >= 11 is 2.10. The molecule has 2 nitrogen and oxygen atoms in total. The van der Waals surface area contributed by atoms with Crippen LogP contribution >= 0.6 is 22.6 Å². The summed E-state index contributed by atoms with van der Waals surface area (Å²) in [7, 11) is 0. The largest absolute Gasteiger partial charge is 0.431 e. The van der Waals surface area contributed by atoms with Crippen LogP contribution in [0.1, 0.15) is 25.3 Å². The fourth-order valence-corrected chi connectivity index (χ4v) is 1.86. The van der Waals surface area contributed by atoms with Crippen molar-refractivity contribution < 1.29 is 9.53 Å². The lowest BCUT2D eigenvalue weighted by atomic mass is 10.1. The van der Waals surface area contributed by atoms with Crippen LogP contribution < -0.4 is 0 Å². The van der Waals surface area contributed by atoms with Crippen LogP contribution in [0.5, 0.6) is 0 Å². The topological polar surface area (TPSA) is 26.3 Å². The number of esters is 1. The molecule has 0 aromatic heterocycles. The van der Waals surface area contributed by atoms with E-state index >= 15 is 0 Å². The molecule has 3 heteroatoms. The predicted molar refractivity (Wildman–Crippen MR) is 73.2 cm³/mol. The fraction of sp³-hybridized carbons (Fsp3) is 0.308. The van der Waals surface area contributed by atoms with E-state index in [1.54, 1.807) is 0 Å². The van der Waals surface area contributed by atoms with E-state index in [4.69, 9.17) is 4.74 Å². The molecule has 0 N–H and O–H groups in total. The van der Waals surface area contributed by atoms with E-state index in [2.05, 4.69) is 34.7 Å². The molecule has 0 unspecified atom stereocenters. The molecule has 1 aromatic rings. The summed E-state index contributed by atoms with van der Waals surface area (Å²) in [6.45, 7) is 1.43. The Bertz CT molecular complexity index is 357. The minimum Gasteiger partial charge on any atom is -0.431 e. The van der Waals surface area contributed by atoms with Gasteiger partial charge in [0.05, 0.1) is 0 Å². The highest BCUT2D eigenvalue weighted by Gasteiger charge is 2.01. The van der Waals surface area contributed by atoms with Crippen LogP contribution in [0.4, 0.5) is 0 Å². The number of carbonyl (C=O) groups excluding carboxylic acids is 1. The first kappa shape index (κ1) is 13.2. The molecule has 0 radical (unpaired) electrons. The smallest absolute Gasteiger partial charge is 0.307 e. The van der Waals surface area contributed by atoms with Crippen LogP contribution in [-0.4, -0.2) is 5.97 Å². The molecule has 0 bridgehead atoms. The van der Waals surface area contributed by atoms with Crippen molar-refractivity contribution in [2.45, 2.75) is 26.2 Å². The van der Waals surface area contributed by atoms with E-state index < -0.39 is 0 Å². The second-order valence-electron chi connectivity index (χ2n) is 3.51. The summed E-state index contributed by atoms with van der Waals surface area (Å²) in [4.78, 5) is 10.8. The first-order chi connectivity index (χ1) is 7.72. The van der Waals surface area contributed by atoms with Crippen LogP contribution in [-0.2, 0) is 16.0 Å². The monoisotopic (exact) mass is 330 g/mol. The average Bonchev–Trinajstić information content (AvgIpc) is 2.28. The Labute approximate surface area is 110 Å². The minimum absolute atomic E-state index is 0.248. The second kappa shape index (κ2) is 7.44. The molecule has 0 fully saturated rings. The van der Waals surface area contributed by atoms with Crippen molar-refractivity contribution in [1.82, 2.24) is 0 Å². The molecule has 0 saturated heterocycles. The third kappa shape index (κ3) is 5.30. The standard InChI is InChI=1S/C13H15IO2/c1-11(15)16-13(10-14)9-5-8-12-6-3-2-4-7-12/h2-4,6-7,10H,5,8-9H2,1H3/b13-10-. The number of carbonyl (C=O) groups is 1. The van der Waals surface area contributed by atoms with Crippen molar-refractivity contribution in [1.29, 1.82) is 0 Å². The second-order valence-corrected chi connectivity index (χ2v) is 4.13. The number of aryl methyl sites for hydroxylation is 1. The lowest BCUT2D eigenvalue weighted by Crippen LogP contribution is -1.99. The van der Waals surface area contributed by atoms with Crippen molar-refractivity contribution >= 4 is 28.6 Å². The van der Waals surface area contributed by atoms with E-state index in [0.29, 0.717) is 0 Å². The maximum atomic E-state index is 10.8. The maximum Gasteiger partial charge on any atom is 0.307 e. The molecule has 1 rings (SSSR count). The van der Waals surface area contributed by atoms with Gasteiger partial charge in [0.2, 0.25) is 0 Å². The van der Waals surface area contributed by atoms with Gasteiger partial charge in [-0.3, -0.25) is 4.79 Å². The van der Waals surface area contributed by atoms with Gasteiger partial charge in [0, 0.05) is 17.4 Å². The van der Waals surface area contributed by atoms with Gasteiger partial charge in [0.1, 0.15) is 5.76 Å². The predicted octanol–water partition coefficient (Wildman–Crippen LogP) is 3.85. The number of benzene rings is 1. The van der Waals surface area contributed by atoms with E-state index in [1.165, 1.54) is 12.5 Å². The Morgan fingerprint density at radius 3 is 2.62 bits per heavy atom. The summed E-state index contributed by atoms with van der Waals surface area (Å²) in [5.41, 5.74) is 1.32. The first-order valence-electron chi connectivity index (χ1n) is 5.24. The maximum absolute atomic E-state index is 10.8. The molecule has 0 heterocycles. The van der Waals surface area contributed by atoms with Gasteiger partial charge < -0.3 is 4.74 Å². The zero-order valence-electron chi connectivity index (χ0n) is 9.28. The number of rotatable bonds is 5. The van der Waals surface area contributed by atoms with Gasteiger partial charge in [-0.05, 0) is 41.0 Å². The van der Waals surface area contributed by atoms with E-state index in [1.807, 2.05) is 22.3 Å². The molecule has 0 aliphatic carbocycles. The van der Waals surface area contributed by atoms with Crippen LogP contribution in [0.25, 0.3) is 0 Å². The van der Waals surface area contributed by atoms with Gasteiger partial charge in [0.25, 0.3) is 0 Å². The van der Waals surface area contributed by atoms with E-state index in [-0.39, 0.29) is 5.97 Å². The van der Waals surface area contributed by atoms with E-state index in [0.717, 1.165) is 25.0 Å². The van der Waals surface area contributed by atoms with Gasteiger partial charge in [-0.15, -0.1) is 0 Å². The quantitative estimate of drug-likeness (QED) is 0.466. The number of hydrogen-bond acceptors (Lipinski definition) is 2. The molecule has 0 atom stereocenters. The normalized spacial score (nSPS) is 11.2. The van der Waals surface area contributed by atoms with E-state index in [9.17, 15) is 4.79 Å². The molecule has 0 saturated carbocycles. The number of halogens is 1. The minimum atomic E-state index is -0.248. The molecule has 0 aliphatic heterocycles. The third-order valence-corrected chi connectivity index (χ3v) is 2.82. The molecular weight excluding hydrogens is 315 g/mol. The highest BCUT2D eigenvalue weighted by atomic mass is 127. The Hall–Kier alpha value is -0.840. The summed E-state index contributed by atoms with van der Waals surface area (Å²) in [6.07, 6.45) is 2.81. The molecule has 0 spiro atoms. The number of allylic oxidation sites excluding steroid dienone is 1. The molecule has 1 aromatic carbocycles. The zero-order valence-corrected chi connectivity index (χ0v) is 11.4. The summed E-state index contributed by atoms with van der Waals surface area (Å²) in [5, 5.41) is 0. The van der Waals surface area contributed by atoms with Gasteiger partial charge in [0.15, 0.2) is 0 Å². The number of ether oxygens (including phenoxy) is 1. The van der Waals surface area contributed by atoms with Gasteiger partial charge in [-0.25, -0.2) is 0 Å². The van der Waals surface area contributed by atoms with Crippen LogP contribution in [0.3, 0.4) is 0 Å². The van der Waals surface area contributed by atoms with Crippen LogP contribution in [0.2, 0.25) is 0 Å². The van der Waals surface area contributed by atoms with Crippen molar-refractivity contribution in [2.24, 2.45) is 0 Å². The average molecular weight is 330 g/mol. The van der Waals surface area contributed by atoms with Crippen molar-refractivity contribution in [2.75, 3.05) is 0 Å². The highest BCUT2D eigenvalue weighted by Crippen LogP contribution is 2.13. The van der Waals surface area contributed by atoms with Crippen LogP contribution in [0, 0.1) is 0 Å². The zero-order chi connectivity index (χ0) is 11.8. The lowest BCUT2D eigenvalue weighted by Gasteiger charge is -2.05. The summed E-state index contributed by atoms with van der Waals surface area (Å²) in [5.74, 6) is 0.506. The van der Waals surface area contributed by atoms with Crippen molar-refractivity contribution in [3.8, 4) is 0 Å². The summed E-state index contributed by atoms with van der Waals surface area (Å²) < 4.78 is 6.88. The lowest BCUT2D eigenvalue weighted by molar-refractivity contribution is -0.137. The molecular formula is C13H15IO2. The SMILES string of the molecule is CC(=O)O/C(=C\I)CCCc1ccccc1. The Morgan fingerprint density at radius 1 is 1.38 bits per heavy atom.